The van der Waals surface area contributed by atoms with Crippen LogP contribution in [0.4, 0.5) is 0 Å². The first-order valence-corrected chi connectivity index (χ1v) is 4.30. The third-order valence-electron chi connectivity index (χ3n) is 2.46. The summed E-state index contributed by atoms with van der Waals surface area (Å²) < 4.78 is 0. The Balaban J connectivity index is 2.68. The summed E-state index contributed by atoms with van der Waals surface area (Å²) in [4.78, 5) is 0. The van der Waals surface area contributed by atoms with Crippen LogP contribution in [0.1, 0.15) is 20.8 Å². The van der Waals surface area contributed by atoms with Gasteiger partial charge in [0.15, 0.2) is 0 Å². The molecule has 0 saturated heterocycles. The maximum absolute atomic E-state index is 3.47. The Morgan fingerprint density at radius 1 is 1.45 bits per heavy atom. The SMILES string of the molecule is CCNC1(C)C=CC=CC1C. The van der Waals surface area contributed by atoms with E-state index in [2.05, 4.69) is 50.4 Å². The van der Waals surface area contributed by atoms with Crippen LogP contribution in [0.5, 0.6) is 0 Å². The van der Waals surface area contributed by atoms with Gasteiger partial charge in [-0.1, -0.05) is 38.2 Å². The van der Waals surface area contributed by atoms with Gasteiger partial charge in [-0.25, -0.2) is 0 Å². The van der Waals surface area contributed by atoms with Crippen molar-refractivity contribution >= 4 is 0 Å². The molecule has 0 aromatic carbocycles. The van der Waals surface area contributed by atoms with Gasteiger partial charge in [0, 0.05) is 5.54 Å². The third-order valence-corrected chi connectivity index (χ3v) is 2.46. The first-order valence-electron chi connectivity index (χ1n) is 4.30. The number of nitrogens with one attached hydrogen (secondary N) is 1. The zero-order chi connectivity index (χ0) is 8.32. The summed E-state index contributed by atoms with van der Waals surface area (Å²) in [5, 5.41) is 3.47. The highest BCUT2D eigenvalue weighted by Crippen LogP contribution is 2.22. The smallest absolute Gasteiger partial charge is 0.0399 e. The first kappa shape index (κ1) is 8.54. The van der Waals surface area contributed by atoms with Crippen LogP contribution in [0, 0.1) is 5.92 Å². The minimum absolute atomic E-state index is 0.170. The zero-order valence-corrected chi connectivity index (χ0v) is 7.59. The molecule has 62 valence electrons. The molecule has 0 saturated carbocycles. The Hall–Kier alpha value is -0.560. The second-order valence-corrected chi connectivity index (χ2v) is 3.35. The Kier molecular flexibility index (Phi) is 2.50. The van der Waals surface area contributed by atoms with Gasteiger partial charge < -0.3 is 5.32 Å². The molecule has 0 spiro atoms. The number of hydrogen-bond donors (Lipinski definition) is 1. The van der Waals surface area contributed by atoms with Crippen molar-refractivity contribution in [1.82, 2.24) is 5.32 Å². The molecule has 1 aliphatic carbocycles. The Morgan fingerprint density at radius 2 is 2.18 bits per heavy atom. The molecule has 11 heavy (non-hydrogen) atoms. The van der Waals surface area contributed by atoms with E-state index in [-0.39, 0.29) is 5.54 Å². The standard InChI is InChI=1S/C10H17N/c1-4-11-10(3)8-6-5-7-9(10)2/h5-9,11H,4H2,1-3H3. The molecule has 0 aromatic rings. The average Bonchev–Trinajstić information content (AvgIpc) is 1.96. The fraction of sp³-hybridized carbons (Fsp3) is 0.600. The zero-order valence-electron chi connectivity index (χ0n) is 7.59. The van der Waals surface area contributed by atoms with Gasteiger partial charge in [-0.2, -0.15) is 0 Å². The van der Waals surface area contributed by atoms with Gasteiger partial charge >= 0.3 is 0 Å². The monoisotopic (exact) mass is 151 g/mol. The largest absolute Gasteiger partial charge is 0.308 e. The van der Waals surface area contributed by atoms with Gasteiger partial charge in [0.2, 0.25) is 0 Å². The fourth-order valence-corrected chi connectivity index (χ4v) is 1.44. The van der Waals surface area contributed by atoms with Crippen molar-refractivity contribution in [3.63, 3.8) is 0 Å². The quantitative estimate of drug-likeness (QED) is 0.637. The lowest BCUT2D eigenvalue weighted by molar-refractivity contribution is 0.361. The molecule has 0 aromatic heterocycles. The molecular formula is C10H17N. The van der Waals surface area contributed by atoms with Crippen molar-refractivity contribution < 1.29 is 0 Å². The first-order chi connectivity index (χ1) is 5.19. The molecule has 1 nitrogen and oxygen atoms in total. The highest BCUT2D eigenvalue weighted by Gasteiger charge is 2.26. The second kappa shape index (κ2) is 3.22. The van der Waals surface area contributed by atoms with Crippen molar-refractivity contribution in [2.24, 2.45) is 5.92 Å². The van der Waals surface area contributed by atoms with E-state index in [4.69, 9.17) is 0 Å². The summed E-state index contributed by atoms with van der Waals surface area (Å²) in [6, 6.07) is 0. The van der Waals surface area contributed by atoms with Gasteiger partial charge in [-0.05, 0) is 19.4 Å². The molecule has 0 fully saturated rings. The third kappa shape index (κ3) is 1.72. The summed E-state index contributed by atoms with van der Waals surface area (Å²) in [5.41, 5.74) is 0.170. The maximum atomic E-state index is 3.47. The molecule has 0 heterocycles. The number of allylic oxidation sites excluding steroid dienone is 2. The fourth-order valence-electron chi connectivity index (χ4n) is 1.44. The van der Waals surface area contributed by atoms with Crippen LogP contribution in [0.25, 0.3) is 0 Å². The molecule has 2 atom stereocenters. The topological polar surface area (TPSA) is 12.0 Å². The molecule has 0 amide bonds. The minimum Gasteiger partial charge on any atom is -0.308 e. The molecule has 0 bridgehead atoms. The Labute approximate surface area is 69.2 Å². The Morgan fingerprint density at radius 3 is 2.73 bits per heavy atom. The van der Waals surface area contributed by atoms with E-state index in [0.717, 1.165) is 6.54 Å². The summed E-state index contributed by atoms with van der Waals surface area (Å²) in [6.07, 6.45) is 8.70. The van der Waals surface area contributed by atoms with Crippen LogP contribution < -0.4 is 5.32 Å². The lowest BCUT2D eigenvalue weighted by Crippen LogP contribution is -2.46. The van der Waals surface area contributed by atoms with E-state index >= 15 is 0 Å². The van der Waals surface area contributed by atoms with Crippen molar-refractivity contribution in [3.05, 3.63) is 24.3 Å². The minimum atomic E-state index is 0.170. The highest BCUT2D eigenvalue weighted by molar-refractivity contribution is 5.22. The van der Waals surface area contributed by atoms with Crippen molar-refractivity contribution in [1.29, 1.82) is 0 Å². The number of rotatable bonds is 2. The number of likely N-dealkylation sites (N-methyl/N-ethyl adjacent to an activating group) is 1. The molecule has 0 aliphatic heterocycles. The van der Waals surface area contributed by atoms with Crippen LogP contribution >= 0.6 is 0 Å². The predicted molar refractivity (Wildman–Crippen MR) is 49.5 cm³/mol. The van der Waals surface area contributed by atoms with Gasteiger partial charge in [0.05, 0.1) is 0 Å². The van der Waals surface area contributed by atoms with E-state index in [1.807, 2.05) is 0 Å². The van der Waals surface area contributed by atoms with Crippen LogP contribution in [0.15, 0.2) is 24.3 Å². The summed E-state index contributed by atoms with van der Waals surface area (Å²) in [5.74, 6) is 0.590. The lowest BCUT2D eigenvalue weighted by Gasteiger charge is -2.33. The van der Waals surface area contributed by atoms with E-state index < -0.39 is 0 Å². The summed E-state index contributed by atoms with van der Waals surface area (Å²) in [7, 11) is 0. The summed E-state index contributed by atoms with van der Waals surface area (Å²) >= 11 is 0. The van der Waals surface area contributed by atoms with E-state index in [1.54, 1.807) is 0 Å². The van der Waals surface area contributed by atoms with Gasteiger partial charge in [-0.15, -0.1) is 0 Å². The highest BCUT2D eigenvalue weighted by atomic mass is 15.0. The van der Waals surface area contributed by atoms with Gasteiger partial charge in [0.1, 0.15) is 0 Å². The molecule has 1 N–H and O–H groups in total. The number of hydrogen-bond acceptors (Lipinski definition) is 1. The molecular weight excluding hydrogens is 134 g/mol. The van der Waals surface area contributed by atoms with Crippen molar-refractivity contribution in [2.75, 3.05) is 6.54 Å². The molecule has 1 heteroatoms. The average molecular weight is 151 g/mol. The van der Waals surface area contributed by atoms with E-state index in [0.29, 0.717) is 5.92 Å². The molecule has 1 aliphatic rings. The maximum Gasteiger partial charge on any atom is 0.0399 e. The van der Waals surface area contributed by atoms with Crippen molar-refractivity contribution in [2.45, 2.75) is 26.3 Å². The molecule has 0 radical (unpaired) electrons. The van der Waals surface area contributed by atoms with Crippen LogP contribution in [0.3, 0.4) is 0 Å². The molecule has 1 rings (SSSR count). The lowest BCUT2D eigenvalue weighted by atomic mass is 9.83. The van der Waals surface area contributed by atoms with Gasteiger partial charge in [0.25, 0.3) is 0 Å². The predicted octanol–water partition coefficient (Wildman–Crippen LogP) is 2.12. The van der Waals surface area contributed by atoms with Crippen LogP contribution in [0.2, 0.25) is 0 Å². The summed E-state index contributed by atoms with van der Waals surface area (Å²) in [6.45, 7) is 7.65. The van der Waals surface area contributed by atoms with Gasteiger partial charge in [-0.3, -0.25) is 0 Å². The molecule has 2 unspecified atom stereocenters. The van der Waals surface area contributed by atoms with Crippen LogP contribution in [-0.4, -0.2) is 12.1 Å². The van der Waals surface area contributed by atoms with E-state index in [1.165, 1.54) is 0 Å². The second-order valence-electron chi connectivity index (χ2n) is 3.35. The normalized spacial score (nSPS) is 36.1. The van der Waals surface area contributed by atoms with E-state index in [9.17, 15) is 0 Å². The van der Waals surface area contributed by atoms with Crippen molar-refractivity contribution in [3.8, 4) is 0 Å². The van der Waals surface area contributed by atoms with Crippen LogP contribution in [-0.2, 0) is 0 Å². The Bertz CT molecular complexity index is 181.